The molecule has 1 aromatic carbocycles. The highest BCUT2D eigenvalue weighted by Gasteiger charge is 2.63. The lowest BCUT2D eigenvalue weighted by molar-refractivity contribution is -0.172. The van der Waals surface area contributed by atoms with Crippen LogP contribution in [0.15, 0.2) is 57.5 Å². The Hall–Kier alpha value is -4.52. The fourth-order valence-electron chi connectivity index (χ4n) is 11.1. The lowest BCUT2D eigenvalue weighted by atomic mass is 9.46. The van der Waals surface area contributed by atoms with Gasteiger partial charge in [0.15, 0.2) is 11.4 Å². The Balaban J connectivity index is 0.000000137. The van der Waals surface area contributed by atoms with Gasteiger partial charge in [0.2, 0.25) is 0 Å². The van der Waals surface area contributed by atoms with Crippen molar-refractivity contribution in [3.63, 3.8) is 0 Å². The smallest absolute Gasteiger partial charge is 0.343 e. The highest BCUT2D eigenvalue weighted by molar-refractivity contribution is 5.86. The first kappa shape index (κ1) is 32.4. The van der Waals surface area contributed by atoms with Gasteiger partial charge in [-0.2, -0.15) is 0 Å². The molecule has 262 valence electrons. The second-order valence-electron chi connectivity index (χ2n) is 16.2. The maximum absolute atomic E-state index is 13.0. The Morgan fingerprint density at radius 2 is 1.86 bits per heavy atom. The molecule has 7 unspecified atom stereocenters. The van der Waals surface area contributed by atoms with Crippen molar-refractivity contribution in [2.45, 2.75) is 96.5 Å². The van der Waals surface area contributed by atoms with E-state index in [4.69, 9.17) is 20.7 Å². The number of esters is 1. The molecule has 3 fully saturated rings. The number of pyridine rings is 2. The van der Waals surface area contributed by atoms with Crippen molar-refractivity contribution in [3.8, 4) is 23.7 Å². The number of para-hydroxylation sites is 1. The molecule has 51 heavy (non-hydrogen) atoms. The molecule has 10 rings (SSSR count). The predicted molar refractivity (Wildman–Crippen MR) is 191 cm³/mol. The van der Waals surface area contributed by atoms with Gasteiger partial charge in [0.25, 0.3) is 5.56 Å². The summed E-state index contributed by atoms with van der Waals surface area (Å²) in [6.45, 7) is 6.72. The molecule has 5 heterocycles. The van der Waals surface area contributed by atoms with Gasteiger partial charge in [0, 0.05) is 27.5 Å². The summed E-state index contributed by atoms with van der Waals surface area (Å²) >= 11 is 0. The maximum atomic E-state index is 13.0. The number of aromatic nitrogens is 3. The first-order valence-electron chi connectivity index (χ1n) is 18.3. The van der Waals surface area contributed by atoms with E-state index in [1.807, 2.05) is 36.5 Å². The molecule has 0 amide bonds. The molecule has 9 heteroatoms. The summed E-state index contributed by atoms with van der Waals surface area (Å²) in [5, 5.41) is 26.9. The number of fused-ring (bicyclic) bond motifs is 11. The minimum absolute atomic E-state index is 0.110. The van der Waals surface area contributed by atoms with Crippen LogP contribution in [-0.2, 0) is 34.7 Å². The molecular formula is C42H43N3O6. The van der Waals surface area contributed by atoms with E-state index in [0.717, 1.165) is 66.4 Å². The van der Waals surface area contributed by atoms with Crippen molar-refractivity contribution in [3.05, 3.63) is 86.5 Å². The van der Waals surface area contributed by atoms with E-state index in [9.17, 15) is 19.8 Å². The van der Waals surface area contributed by atoms with E-state index < -0.39 is 17.2 Å². The Labute approximate surface area is 296 Å². The average Bonchev–Trinajstić information content (AvgIpc) is 3.81. The van der Waals surface area contributed by atoms with E-state index in [1.54, 1.807) is 23.1 Å². The van der Waals surface area contributed by atoms with E-state index in [1.165, 1.54) is 12.0 Å². The van der Waals surface area contributed by atoms with Crippen LogP contribution in [0.5, 0.6) is 0 Å². The summed E-state index contributed by atoms with van der Waals surface area (Å²) in [7, 11) is 0. The number of benzene rings is 1. The third-order valence-corrected chi connectivity index (χ3v) is 14.1. The maximum Gasteiger partial charge on any atom is 0.343 e. The Morgan fingerprint density at radius 3 is 2.67 bits per heavy atom. The normalized spacial score (nSPS) is 33.8. The van der Waals surface area contributed by atoms with E-state index >= 15 is 0 Å². The van der Waals surface area contributed by atoms with Crippen LogP contribution in [-0.4, -0.2) is 36.5 Å². The zero-order chi connectivity index (χ0) is 35.5. The fourth-order valence-corrected chi connectivity index (χ4v) is 11.1. The van der Waals surface area contributed by atoms with Gasteiger partial charge in [-0.15, -0.1) is 6.42 Å². The van der Waals surface area contributed by atoms with E-state index in [-0.39, 0.29) is 29.4 Å². The van der Waals surface area contributed by atoms with Crippen molar-refractivity contribution in [2.75, 3.05) is 0 Å². The van der Waals surface area contributed by atoms with Crippen molar-refractivity contribution in [2.24, 2.45) is 28.6 Å². The van der Waals surface area contributed by atoms with Gasteiger partial charge in [0.05, 0.1) is 35.2 Å². The summed E-state index contributed by atoms with van der Waals surface area (Å²) in [6, 6.07) is 11.6. The van der Waals surface area contributed by atoms with Gasteiger partial charge in [0.1, 0.15) is 12.2 Å². The number of carbonyl (C=O) groups is 1. The zero-order valence-corrected chi connectivity index (χ0v) is 29.4. The van der Waals surface area contributed by atoms with Gasteiger partial charge < -0.3 is 24.0 Å². The molecule has 2 N–H and O–H groups in total. The van der Waals surface area contributed by atoms with Gasteiger partial charge in [-0.1, -0.05) is 55.6 Å². The van der Waals surface area contributed by atoms with Crippen molar-refractivity contribution in [1.29, 1.82) is 0 Å². The second-order valence-corrected chi connectivity index (χ2v) is 16.2. The van der Waals surface area contributed by atoms with Crippen LogP contribution in [0.4, 0.5) is 0 Å². The second kappa shape index (κ2) is 11.0. The Kier molecular flexibility index (Phi) is 6.98. The van der Waals surface area contributed by atoms with Gasteiger partial charge in [-0.3, -0.25) is 4.79 Å². The molecule has 2 aliphatic heterocycles. The van der Waals surface area contributed by atoms with Gasteiger partial charge in [-0.05, 0) is 98.8 Å². The molecule has 0 saturated heterocycles. The third kappa shape index (κ3) is 4.36. The largest absolute Gasteiger partial charge is 0.458 e. The number of nitrogens with zero attached hydrogens (tertiary/aromatic N) is 3. The predicted octanol–water partition coefficient (Wildman–Crippen LogP) is 6.30. The Bertz CT molecular complexity index is 2280. The highest BCUT2D eigenvalue weighted by Crippen LogP contribution is 2.67. The third-order valence-electron chi connectivity index (χ3n) is 14.1. The minimum atomic E-state index is -1.79. The van der Waals surface area contributed by atoms with Crippen LogP contribution in [0, 0.1) is 40.9 Å². The average molecular weight is 686 g/mol. The van der Waals surface area contributed by atoms with Crippen molar-refractivity contribution < 1.29 is 24.3 Å². The van der Waals surface area contributed by atoms with Crippen molar-refractivity contribution in [1.82, 2.24) is 14.7 Å². The molecule has 3 aromatic heterocycles. The van der Waals surface area contributed by atoms with Gasteiger partial charge >= 0.3 is 5.97 Å². The first-order valence-corrected chi connectivity index (χ1v) is 18.3. The number of terminal acetylenes is 1. The molecule has 3 saturated carbocycles. The van der Waals surface area contributed by atoms with Crippen LogP contribution in [0.25, 0.3) is 28.4 Å². The summed E-state index contributed by atoms with van der Waals surface area (Å²) in [6.07, 6.45) is 17.5. The van der Waals surface area contributed by atoms with Crippen LogP contribution < -0.4 is 5.56 Å². The van der Waals surface area contributed by atoms with Crippen molar-refractivity contribution >= 4 is 22.9 Å². The number of aliphatic hydroxyl groups is 2. The summed E-state index contributed by atoms with van der Waals surface area (Å²) < 4.78 is 12.1. The zero-order valence-electron chi connectivity index (χ0n) is 29.4. The topological polar surface area (TPSA) is 128 Å². The quantitative estimate of drug-likeness (QED) is 0.156. The molecule has 0 spiro atoms. The SMILES string of the molecule is C#CC1(O)CCC2C3CCC4=Cc5oncc5CC4(C)C3CCC21C.CCC1(O)C(=O)OCc2c1cc1n(c2=O)Cc2cc3ccccc3nc2-1. The van der Waals surface area contributed by atoms with Crippen LogP contribution >= 0.6 is 0 Å². The van der Waals surface area contributed by atoms with Gasteiger partial charge in [-0.25, -0.2) is 9.78 Å². The molecule has 6 aliphatic rings. The number of rotatable bonds is 1. The number of carbonyl (C=O) groups excluding carboxylic acids is 1. The summed E-state index contributed by atoms with van der Waals surface area (Å²) in [5.74, 6) is 4.93. The summed E-state index contributed by atoms with van der Waals surface area (Å²) in [5.41, 5.74) is 3.80. The number of allylic oxidation sites excluding steroid dienone is 1. The molecule has 9 nitrogen and oxygen atoms in total. The Morgan fingerprint density at radius 1 is 1.06 bits per heavy atom. The van der Waals surface area contributed by atoms with Crippen LogP contribution in [0.2, 0.25) is 0 Å². The minimum Gasteiger partial charge on any atom is -0.458 e. The monoisotopic (exact) mass is 685 g/mol. The molecule has 0 radical (unpaired) electrons. The highest BCUT2D eigenvalue weighted by atomic mass is 16.6. The number of ether oxygens (including phenoxy) is 1. The molecular weight excluding hydrogens is 642 g/mol. The number of hydrogen-bond donors (Lipinski definition) is 2. The molecule has 4 aliphatic carbocycles. The molecule has 0 bridgehead atoms. The molecule has 4 aromatic rings. The molecule has 7 atom stereocenters. The lowest BCUT2D eigenvalue weighted by Crippen LogP contribution is -2.54. The number of hydrogen-bond acceptors (Lipinski definition) is 8. The fraction of sp³-hybridized carbons (Fsp3) is 0.476. The van der Waals surface area contributed by atoms with Crippen LogP contribution in [0.3, 0.4) is 0 Å². The van der Waals surface area contributed by atoms with E-state index in [2.05, 4.69) is 31.0 Å². The van der Waals surface area contributed by atoms with E-state index in [0.29, 0.717) is 41.1 Å². The number of cyclic esters (lactones) is 1. The first-order chi connectivity index (χ1) is 24.4. The lowest BCUT2D eigenvalue weighted by Gasteiger charge is -2.58. The summed E-state index contributed by atoms with van der Waals surface area (Å²) in [4.78, 5) is 29.9. The standard InChI is InChI=1S/C22H27NO2.C20H16N2O4/c1-4-22(24)10-8-18-16-6-5-15-11-19-14(13-23-25-19)12-20(15,2)17(16)7-9-21(18,22)3;1-2-20(25)14-8-16-17-12(7-11-5-3-4-6-15(11)21-17)9-22(16)18(23)13(14)10-26-19(20)24/h1,11,13,16-18,24H,5-10,12H2,2-3H3;3-8,25H,2,9-10H2,1H3. The van der Waals surface area contributed by atoms with Crippen LogP contribution in [0.1, 0.15) is 93.7 Å².